The quantitative estimate of drug-likeness (QED) is 0.569. The Morgan fingerprint density at radius 2 is 1.68 bits per heavy atom. The Kier molecular flexibility index (Phi) is 5.96. The number of hydrogen-bond donors (Lipinski definition) is 1. The highest BCUT2D eigenvalue weighted by atomic mass is 16.5. The van der Waals surface area contributed by atoms with Crippen molar-refractivity contribution in [1.82, 2.24) is 5.32 Å². The van der Waals surface area contributed by atoms with Gasteiger partial charge in [-0.15, -0.1) is 0 Å². The molecule has 2 aliphatic rings. The number of carbonyl (C=O) groups excluding carboxylic acids is 1. The van der Waals surface area contributed by atoms with Crippen molar-refractivity contribution in [2.75, 3.05) is 26.3 Å². The van der Waals surface area contributed by atoms with Gasteiger partial charge in [0.25, 0.3) is 0 Å². The van der Waals surface area contributed by atoms with Gasteiger partial charge in [-0.2, -0.15) is 0 Å². The van der Waals surface area contributed by atoms with Gasteiger partial charge < -0.3 is 14.8 Å². The lowest BCUT2D eigenvalue weighted by molar-refractivity contribution is 0.104. The summed E-state index contributed by atoms with van der Waals surface area (Å²) >= 11 is 0. The van der Waals surface area contributed by atoms with Crippen molar-refractivity contribution in [2.24, 2.45) is 5.92 Å². The standard InChI is InChI=1S/C24H29NO3/c1-2-14-27-20-11-3-9-18-22(20)23-19(24(18)26)10-4-12-21(23)28-15-6-8-17-7-5-13-25-16-17/h3-4,9-12,17,25H,2,5-8,13-16H2,1H3. The van der Waals surface area contributed by atoms with Crippen molar-refractivity contribution >= 4 is 5.78 Å². The van der Waals surface area contributed by atoms with Crippen LogP contribution in [0.15, 0.2) is 36.4 Å². The molecule has 0 radical (unpaired) electrons. The molecule has 1 N–H and O–H groups in total. The molecule has 2 aromatic carbocycles. The minimum Gasteiger partial charge on any atom is -0.493 e. The van der Waals surface area contributed by atoms with Crippen LogP contribution in [0, 0.1) is 5.92 Å². The van der Waals surface area contributed by atoms with Crippen molar-refractivity contribution in [3.05, 3.63) is 47.5 Å². The van der Waals surface area contributed by atoms with Crippen LogP contribution in [0.1, 0.15) is 54.9 Å². The van der Waals surface area contributed by atoms with Gasteiger partial charge in [0.15, 0.2) is 5.78 Å². The maximum absolute atomic E-state index is 12.9. The molecule has 0 spiro atoms. The molecule has 1 aliphatic heterocycles. The predicted octanol–water partition coefficient (Wildman–Crippen LogP) is 4.85. The van der Waals surface area contributed by atoms with E-state index in [9.17, 15) is 4.79 Å². The molecule has 2 aromatic rings. The lowest BCUT2D eigenvalue weighted by Gasteiger charge is -2.22. The van der Waals surface area contributed by atoms with Crippen LogP contribution in [0.25, 0.3) is 11.1 Å². The van der Waals surface area contributed by atoms with E-state index < -0.39 is 0 Å². The molecular formula is C24H29NO3. The fraction of sp³-hybridized carbons (Fsp3) is 0.458. The smallest absolute Gasteiger partial charge is 0.194 e. The Hall–Kier alpha value is -2.33. The number of hydrogen-bond acceptors (Lipinski definition) is 4. The summed E-state index contributed by atoms with van der Waals surface area (Å²) in [5.41, 5.74) is 3.22. The van der Waals surface area contributed by atoms with Gasteiger partial charge >= 0.3 is 0 Å². The highest BCUT2D eigenvalue weighted by Gasteiger charge is 2.32. The van der Waals surface area contributed by atoms with Crippen LogP contribution in [0.3, 0.4) is 0 Å². The lowest BCUT2D eigenvalue weighted by Crippen LogP contribution is -2.29. The van der Waals surface area contributed by atoms with E-state index in [-0.39, 0.29) is 5.78 Å². The molecule has 28 heavy (non-hydrogen) atoms. The van der Waals surface area contributed by atoms with Gasteiger partial charge in [-0.1, -0.05) is 31.2 Å². The first-order valence-electron chi connectivity index (χ1n) is 10.6. The van der Waals surface area contributed by atoms with E-state index in [1.54, 1.807) is 0 Å². The summed E-state index contributed by atoms with van der Waals surface area (Å²) < 4.78 is 12.1. The largest absolute Gasteiger partial charge is 0.493 e. The van der Waals surface area contributed by atoms with Crippen LogP contribution in [0.4, 0.5) is 0 Å². The first-order chi connectivity index (χ1) is 13.8. The minimum absolute atomic E-state index is 0.0608. The number of ether oxygens (including phenoxy) is 2. The summed E-state index contributed by atoms with van der Waals surface area (Å²) in [6.45, 7) is 5.67. The zero-order valence-electron chi connectivity index (χ0n) is 16.6. The van der Waals surface area contributed by atoms with Crippen LogP contribution >= 0.6 is 0 Å². The van der Waals surface area contributed by atoms with Crippen LogP contribution in [0.5, 0.6) is 11.5 Å². The Morgan fingerprint density at radius 3 is 2.29 bits per heavy atom. The monoisotopic (exact) mass is 379 g/mol. The molecule has 1 heterocycles. The molecule has 0 aromatic heterocycles. The Labute approximate surface area is 167 Å². The summed E-state index contributed by atoms with van der Waals surface area (Å²) in [4.78, 5) is 12.9. The van der Waals surface area contributed by atoms with Gasteiger partial charge in [0.1, 0.15) is 11.5 Å². The van der Waals surface area contributed by atoms with Crippen molar-refractivity contribution in [3.63, 3.8) is 0 Å². The SMILES string of the molecule is CCCOc1cccc2c1-c1c(OCCCC3CCCNC3)cccc1C2=O. The molecule has 0 bridgehead atoms. The number of benzene rings is 2. The van der Waals surface area contributed by atoms with E-state index in [1.165, 1.54) is 19.3 Å². The zero-order valence-corrected chi connectivity index (χ0v) is 16.6. The van der Waals surface area contributed by atoms with Gasteiger partial charge in [0.2, 0.25) is 0 Å². The molecule has 0 saturated carbocycles. The first kappa shape index (κ1) is 19.0. The maximum atomic E-state index is 12.9. The molecule has 1 saturated heterocycles. The summed E-state index contributed by atoms with van der Waals surface area (Å²) in [5, 5.41) is 3.47. The van der Waals surface area contributed by atoms with E-state index in [2.05, 4.69) is 12.2 Å². The molecule has 4 nitrogen and oxygen atoms in total. The second-order valence-corrected chi connectivity index (χ2v) is 7.74. The zero-order chi connectivity index (χ0) is 19.3. The lowest BCUT2D eigenvalue weighted by atomic mass is 9.95. The highest BCUT2D eigenvalue weighted by molar-refractivity contribution is 6.23. The molecule has 1 atom stereocenters. The summed E-state index contributed by atoms with van der Waals surface area (Å²) in [6, 6.07) is 11.5. The number of carbonyl (C=O) groups is 1. The normalized spacial score (nSPS) is 17.9. The van der Waals surface area contributed by atoms with E-state index in [0.29, 0.717) is 18.8 Å². The number of nitrogens with one attached hydrogen (secondary N) is 1. The van der Waals surface area contributed by atoms with E-state index >= 15 is 0 Å². The Morgan fingerprint density at radius 1 is 1.00 bits per heavy atom. The Balaban J connectivity index is 1.52. The topological polar surface area (TPSA) is 47.6 Å². The minimum atomic E-state index is 0.0608. The second-order valence-electron chi connectivity index (χ2n) is 7.74. The van der Waals surface area contributed by atoms with Gasteiger partial charge in [0, 0.05) is 22.3 Å². The molecular weight excluding hydrogens is 350 g/mol. The average Bonchev–Trinajstić information content (AvgIpc) is 3.04. The van der Waals surface area contributed by atoms with Gasteiger partial charge in [-0.25, -0.2) is 0 Å². The maximum Gasteiger partial charge on any atom is 0.194 e. The van der Waals surface area contributed by atoms with E-state index in [1.807, 2.05) is 36.4 Å². The molecule has 0 amide bonds. The number of piperidine rings is 1. The summed E-state index contributed by atoms with van der Waals surface area (Å²) in [6.07, 6.45) is 5.73. The number of ketones is 1. The second kappa shape index (κ2) is 8.78. The summed E-state index contributed by atoms with van der Waals surface area (Å²) in [7, 11) is 0. The predicted molar refractivity (Wildman–Crippen MR) is 111 cm³/mol. The van der Waals surface area contributed by atoms with Crippen LogP contribution < -0.4 is 14.8 Å². The Bertz CT molecular complexity index is 840. The van der Waals surface area contributed by atoms with Crippen LogP contribution in [0.2, 0.25) is 0 Å². The molecule has 148 valence electrons. The van der Waals surface area contributed by atoms with Crippen molar-refractivity contribution in [3.8, 4) is 22.6 Å². The fourth-order valence-electron chi connectivity index (χ4n) is 4.28. The molecule has 1 fully saturated rings. The number of fused-ring (bicyclic) bond motifs is 3. The average molecular weight is 380 g/mol. The van der Waals surface area contributed by atoms with E-state index in [4.69, 9.17) is 9.47 Å². The van der Waals surface area contributed by atoms with E-state index in [0.717, 1.165) is 60.0 Å². The fourth-order valence-corrected chi connectivity index (χ4v) is 4.28. The third-order valence-corrected chi connectivity index (χ3v) is 5.67. The van der Waals surface area contributed by atoms with Gasteiger partial charge in [0.05, 0.1) is 13.2 Å². The van der Waals surface area contributed by atoms with Gasteiger partial charge in [-0.3, -0.25) is 4.79 Å². The van der Waals surface area contributed by atoms with Crippen LogP contribution in [-0.4, -0.2) is 32.1 Å². The van der Waals surface area contributed by atoms with Crippen molar-refractivity contribution in [1.29, 1.82) is 0 Å². The highest BCUT2D eigenvalue weighted by Crippen LogP contribution is 2.47. The van der Waals surface area contributed by atoms with Crippen molar-refractivity contribution in [2.45, 2.75) is 39.0 Å². The van der Waals surface area contributed by atoms with Crippen molar-refractivity contribution < 1.29 is 14.3 Å². The molecule has 4 rings (SSSR count). The van der Waals surface area contributed by atoms with Crippen LogP contribution in [-0.2, 0) is 0 Å². The number of rotatable bonds is 8. The third-order valence-electron chi connectivity index (χ3n) is 5.67. The first-order valence-corrected chi connectivity index (χ1v) is 10.6. The third kappa shape index (κ3) is 3.79. The summed E-state index contributed by atoms with van der Waals surface area (Å²) in [5.74, 6) is 2.38. The molecule has 1 aliphatic carbocycles. The molecule has 1 unspecified atom stereocenters. The van der Waals surface area contributed by atoms with Gasteiger partial charge in [-0.05, 0) is 63.2 Å². The molecule has 4 heteroatoms.